The van der Waals surface area contributed by atoms with Crippen LogP contribution >= 0.6 is 12.2 Å². The summed E-state index contributed by atoms with van der Waals surface area (Å²) in [5, 5.41) is 11.0. The number of hydroxylamine groups is 2. The number of morpholine rings is 1. The minimum absolute atomic E-state index is 0.176. The normalized spacial score (nSPS) is 24.1. The molecule has 10 heteroatoms. The Labute approximate surface area is 169 Å². The molecular formula is C18H23N2O6S2+. The van der Waals surface area contributed by atoms with Crippen molar-refractivity contribution in [2.24, 2.45) is 5.73 Å². The number of amides is 1. The third-order valence-electron chi connectivity index (χ3n) is 4.13. The summed E-state index contributed by atoms with van der Waals surface area (Å²) in [6, 6.07) is 5.48. The van der Waals surface area contributed by atoms with Gasteiger partial charge in [0, 0.05) is 6.42 Å². The average molecular weight is 428 g/mol. The smallest absolute Gasteiger partial charge is 0.362 e. The maximum atomic E-state index is 13.1. The van der Waals surface area contributed by atoms with Crippen LogP contribution in [-0.4, -0.2) is 53.4 Å². The summed E-state index contributed by atoms with van der Waals surface area (Å²) in [5.41, 5.74) is 3.91. The van der Waals surface area contributed by atoms with Crippen LogP contribution in [0.2, 0.25) is 0 Å². The van der Waals surface area contributed by atoms with Crippen LogP contribution in [0.3, 0.4) is 0 Å². The molecule has 0 spiro atoms. The summed E-state index contributed by atoms with van der Waals surface area (Å²) in [6.45, 7) is 4.40. The average Bonchev–Trinajstić information content (AvgIpc) is 2.63. The van der Waals surface area contributed by atoms with Crippen LogP contribution in [0, 0.1) is 11.8 Å². The van der Waals surface area contributed by atoms with E-state index < -0.39 is 38.2 Å². The highest BCUT2D eigenvalue weighted by Gasteiger charge is 2.60. The van der Waals surface area contributed by atoms with E-state index >= 15 is 0 Å². The fourth-order valence-electron chi connectivity index (χ4n) is 2.70. The Morgan fingerprint density at radius 2 is 2.00 bits per heavy atom. The second-order valence-corrected chi connectivity index (χ2v) is 9.06. The van der Waals surface area contributed by atoms with Gasteiger partial charge < -0.3 is 15.2 Å². The fourth-order valence-corrected chi connectivity index (χ4v) is 4.72. The fraction of sp³-hybridized carbons (Fsp3) is 0.444. The first-order valence-corrected chi connectivity index (χ1v) is 10.4. The second kappa shape index (κ2) is 8.14. The molecule has 1 heterocycles. The standard InChI is InChI=1S/C18H22N2O6S2/c1-4-5-6-11-25-13-7-9-14(10-8-13)28(23,24)20(22)12-15(16(19)21)26-18(2,3)17(20)27/h7-10,15,22H,4,11-12H2,1-3H3,(H-,19,21)/p+1. The molecule has 1 aromatic carbocycles. The van der Waals surface area contributed by atoms with Gasteiger partial charge >= 0.3 is 10.0 Å². The predicted octanol–water partition coefficient (Wildman–Crippen LogP) is 1.36. The Morgan fingerprint density at radius 1 is 1.39 bits per heavy atom. The Kier molecular flexibility index (Phi) is 6.48. The monoisotopic (exact) mass is 427 g/mol. The van der Waals surface area contributed by atoms with E-state index in [1.165, 1.54) is 38.1 Å². The second-order valence-electron chi connectivity index (χ2n) is 6.65. The molecule has 152 valence electrons. The van der Waals surface area contributed by atoms with Crippen LogP contribution < -0.4 is 10.5 Å². The minimum atomic E-state index is -4.41. The first kappa shape index (κ1) is 22.3. The van der Waals surface area contributed by atoms with Crippen molar-refractivity contribution in [3.8, 4) is 17.6 Å². The van der Waals surface area contributed by atoms with Crippen LogP contribution in [0.1, 0.15) is 27.2 Å². The molecule has 2 unspecified atom stereocenters. The van der Waals surface area contributed by atoms with Crippen molar-refractivity contribution < 1.29 is 31.9 Å². The van der Waals surface area contributed by atoms with Gasteiger partial charge in [-0.25, -0.2) is 0 Å². The van der Waals surface area contributed by atoms with Crippen LogP contribution in [-0.2, 0) is 19.6 Å². The van der Waals surface area contributed by atoms with Gasteiger partial charge in [0.15, 0.2) is 18.2 Å². The van der Waals surface area contributed by atoms with Gasteiger partial charge in [-0.1, -0.05) is 12.8 Å². The molecule has 8 nitrogen and oxygen atoms in total. The number of sulfonamides is 1. The highest BCUT2D eigenvalue weighted by atomic mass is 32.2. The molecule has 2 atom stereocenters. The molecule has 1 aromatic rings. The van der Waals surface area contributed by atoms with Crippen molar-refractivity contribution in [1.29, 1.82) is 0 Å². The van der Waals surface area contributed by atoms with E-state index in [2.05, 4.69) is 11.8 Å². The van der Waals surface area contributed by atoms with E-state index in [-0.39, 0.29) is 16.5 Å². The van der Waals surface area contributed by atoms with Crippen molar-refractivity contribution in [1.82, 2.24) is 0 Å². The zero-order chi connectivity index (χ0) is 21.2. The highest BCUT2D eigenvalue weighted by molar-refractivity contribution is 7.88. The van der Waals surface area contributed by atoms with Gasteiger partial charge in [0.05, 0.1) is 0 Å². The third kappa shape index (κ3) is 4.19. The number of ether oxygens (including phenoxy) is 2. The lowest BCUT2D eigenvalue weighted by molar-refractivity contribution is -0.932. The van der Waals surface area contributed by atoms with E-state index in [1.807, 2.05) is 6.92 Å². The van der Waals surface area contributed by atoms with Gasteiger partial charge in [-0.3, -0.25) is 4.79 Å². The number of benzene rings is 1. The predicted molar refractivity (Wildman–Crippen MR) is 105 cm³/mol. The largest absolute Gasteiger partial charge is 0.481 e. The molecule has 3 N–H and O–H groups in total. The van der Waals surface area contributed by atoms with Crippen LogP contribution in [0.5, 0.6) is 5.75 Å². The van der Waals surface area contributed by atoms with Crippen molar-refractivity contribution >= 4 is 33.1 Å². The van der Waals surface area contributed by atoms with Crippen LogP contribution in [0.15, 0.2) is 29.2 Å². The van der Waals surface area contributed by atoms with E-state index in [4.69, 9.17) is 27.4 Å². The molecular weight excluding hydrogens is 404 g/mol. The Bertz CT molecular complexity index is 931. The van der Waals surface area contributed by atoms with Gasteiger partial charge in [-0.05, 0) is 54.4 Å². The quantitative estimate of drug-likeness (QED) is 0.414. The topological polar surface area (TPSA) is 116 Å². The number of thiocarbonyl (C=S) groups is 1. The minimum Gasteiger partial charge on any atom is -0.481 e. The molecule has 0 radical (unpaired) electrons. The molecule has 1 amide bonds. The molecule has 0 aromatic heterocycles. The maximum Gasteiger partial charge on any atom is 0.362 e. The zero-order valence-corrected chi connectivity index (χ0v) is 17.5. The number of nitrogens with two attached hydrogens (primary N) is 1. The molecule has 0 saturated carbocycles. The number of primary amides is 1. The number of hydrogen-bond donors (Lipinski definition) is 2. The van der Waals surface area contributed by atoms with E-state index in [9.17, 15) is 18.4 Å². The van der Waals surface area contributed by atoms with Gasteiger partial charge in [-0.2, -0.15) is 13.6 Å². The summed E-state index contributed by atoms with van der Waals surface area (Å²) in [7, 11) is -4.41. The lowest BCUT2D eigenvalue weighted by Crippen LogP contribution is -2.69. The van der Waals surface area contributed by atoms with Gasteiger partial charge in [-0.15, -0.1) is 5.92 Å². The van der Waals surface area contributed by atoms with Gasteiger partial charge in [0.1, 0.15) is 17.3 Å². The SMILES string of the molecule is CCC#CCOc1ccc(S(=O)(=O)[N+]2(O)CC(C(N)=O)OC(C)(C)C2=S)cc1. The van der Waals surface area contributed by atoms with Crippen molar-refractivity contribution in [2.45, 2.75) is 43.8 Å². The Balaban J connectivity index is 2.36. The molecule has 1 aliphatic rings. The van der Waals surface area contributed by atoms with Gasteiger partial charge in [0.25, 0.3) is 10.9 Å². The number of hydrogen-bond acceptors (Lipinski definition) is 7. The zero-order valence-electron chi connectivity index (χ0n) is 15.8. The molecule has 1 saturated heterocycles. The Morgan fingerprint density at radius 3 is 2.54 bits per heavy atom. The highest BCUT2D eigenvalue weighted by Crippen LogP contribution is 2.34. The van der Waals surface area contributed by atoms with E-state index in [0.29, 0.717) is 12.2 Å². The third-order valence-corrected chi connectivity index (χ3v) is 7.04. The number of carbonyl (C=O) groups excluding carboxylic acids is 1. The number of quaternary nitrogens is 1. The number of nitrogens with zero attached hydrogens (tertiary/aromatic N) is 1. The summed E-state index contributed by atoms with van der Waals surface area (Å²) in [6.07, 6.45) is -0.607. The number of carbonyl (C=O) groups is 1. The Hall–Kier alpha value is -2.03. The summed E-state index contributed by atoms with van der Waals surface area (Å²) in [4.78, 5) is 11.1. The summed E-state index contributed by atoms with van der Waals surface area (Å²) in [5.74, 6) is 5.20. The lowest BCUT2D eigenvalue weighted by Gasteiger charge is -2.42. The van der Waals surface area contributed by atoms with Gasteiger partial charge in [0.2, 0.25) is 0 Å². The van der Waals surface area contributed by atoms with E-state index in [0.717, 1.165) is 0 Å². The van der Waals surface area contributed by atoms with Crippen molar-refractivity contribution in [3.63, 3.8) is 0 Å². The molecule has 0 aliphatic carbocycles. The maximum absolute atomic E-state index is 13.1. The molecule has 28 heavy (non-hydrogen) atoms. The summed E-state index contributed by atoms with van der Waals surface area (Å²) < 4.78 is 35.5. The molecule has 2 rings (SSSR count). The first-order chi connectivity index (χ1) is 13.0. The molecule has 1 fully saturated rings. The molecule has 1 aliphatic heterocycles. The van der Waals surface area contributed by atoms with Crippen LogP contribution in [0.4, 0.5) is 0 Å². The summed E-state index contributed by atoms with van der Waals surface area (Å²) >= 11 is 5.20. The van der Waals surface area contributed by atoms with Crippen molar-refractivity contribution in [3.05, 3.63) is 24.3 Å². The van der Waals surface area contributed by atoms with Crippen LogP contribution in [0.25, 0.3) is 0 Å². The molecule has 0 bridgehead atoms. The number of rotatable bonds is 5. The first-order valence-electron chi connectivity index (χ1n) is 8.52. The lowest BCUT2D eigenvalue weighted by atomic mass is 10.1. The van der Waals surface area contributed by atoms with E-state index in [1.54, 1.807) is 0 Å². The van der Waals surface area contributed by atoms with Crippen molar-refractivity contribution in [2.75, 3.05) is 13.2 Å².